The second-order valence-electron chi connectivity index (χ2n) is 12.3. The summed E-state index contributed by atoms with van der Waals surface area (Å²) in [5.74, 6) is 0.691. The van der Waals surface area contributed by atoms with Gasteiger partial charge in [0.1, 0.15) is 17.3 Å². The van der Waals surface area contributed by atoms with Crippen LogP contribution in [0.2, 0.25) is 0 Å². The van der Waals surface area contributed by atoms with E-state index in [-0.39, 0.29) is 48.8 Å². The van der Waals surface area contributed by atoms with E-state index in [1.807, 2.05) is 56.3 Å². The van der Waals surface area contributed by atoms with E-state index < -0.39 is 12.1 Å². The molecule has 49 heavy (non-hydrogen) atoms. The number of nitroso groups, excluding NO2 is 1. The van der Waals surface area contributed by atoms with Gasteiger partial charge in [0.25, 0.3) is 0 Å². The second-order valence-corrected chi connectivity index (χ2v) is 13.0. The Morgan fingerprint density at radius 3 is 2.29 bits per heavy atom. The van der Waals surface area contributed by atoms with Crippen LogP contribution in [0, 0.1) is 17.6 Å². The number of nitrogens with zero attached hydrogens (tertiary/aromatic N) is 2. The molecular weight excluding hydrogens is 647 g/mol. The van der Waals surface area contributed by atoms with Crippen molar-refractivity contribution >= 4 is 23.6 Å². The van der Waals surface area contributed by atoms with Crippen molar-refractivity contribution in [3.8, 4) is 22.6 Å². The lowest BCUT2D eigenvalue weighted by molar-refractivity contribution is -0.124. The molecule has 9 nitrogen and oxygen atoms in total. The fourth-order valence-corrected chi connectivity index (χ4v) is 6.61. The van der Waals surface area contributed by atoms with Crippen molar-refractivity contribution in [1.29, 1.82) is 0 Å². The molecule has 5 unspecified atom stereocenters. The number of anilines is 1. The summed E-state index contributed by atoms with van der Waals surface area (Å²) in [6, 6.07) is 25.6. The molecule has 0 aliphatic carbocycles. The summed E-state index contributed by atoms with van der Waals surface area (Å²) in [6.45, 7) is 3.84. The van der Waals surface area contributed by atoms with Gasteiger partial charge in [0.15, 0.2) is 0 Å². The number of carbonyl (C=O) groups excluding carboxylic acids is 1. The van der Waals surface area contributed by atoms with Crippen LogP contribution in [0.25, 0.3) is 11.1 Å². The molecule has 0 bridgehead atoms. The van der Waals surface area contributed by atoms with Crippen molar-refractivity contribution in [3.05, 3.63) is 118 Å². The van der Waals surface area contributed by atoms with Crippen LogP contribution in [0.5, 0.6) is 11.5 Å². The molecule has 2 aliphatic heterocycles. The molecule has 5 atom stereocenters. The Hall–Kier alpha value is -4.29. The van der Waals surface area contributed by atoms with Crippen LogP contribution < -0.4 is 9.08 Å². The average molecular weight is 689 g/mol. The van der Waals surface area contributed by atoms with Crippen LogP contribution in [-0.2, 0) is 9.53 Å². The monoisotopic (exact) mass is 688 g/mol. The largest absolute Gasteiger partial charge is 0.508 e. The van der Waals surface area contributed by atoms with Crippen LogP contribution in [-0.4, -0.2) is 51.8 Å². The minimum Gasteiger partial charge on any atom is -0.508 e. The number of aliphatic hydroxyl groups excluding tert-OH is 2. The van der Waals surface area contributed by atoms with Crippen LogP contribution in [0.15, 0.2) is 96.2 Å². The van der Waals surface area contributed by atoms with Gasteiger partial charge in [-0.25, -0.2) is 4.39 Å². The van der Waals surface area contributed by atoms with Gasteiger partial charge in [0, 0.05) is 24.1 Å². The number of β-lactam (4-membered cyclic amide) rings is 1. The molecule has 0 radical (unpaired) electrons. The highest BCUT2D eigenvalue weighted by Gasteiger charge is 2.40. The number of halogens is 1. The Kier molecular flexibility index (Phi) is 12.4. The van der Waals surface area contributed by atoms with E-state index in [0.717, 1.165) is 28.7 Å². The number of ether oxygens (including phenoxy) is 1. The minimum atomic E-state index is -0.435. The molecule has 2 fully saturated rings. The van der Waals surface area contributed by atoms with E-state index in [0.29, 0.717) is 30.0 Å². The maximum absolute atomic E-state index is 13.5. The molecule has 0 aromatic heterocycles. The maximum Gasteiger partial charge on any atom is 0.230 e. The Morgan fingerprint density at radius 2 is 1.65 bits per heavy atom. The number of phenols is 1. The van der Waals surface area contributed by atoms with Crippen LogP contribution >= 0.6 is 12.0 Å². The zero-order valence-corrected chi connectivity index (χ0v) is 28.3. The SMILES string of the molecule is CCC(O)c1ccc(C)cc1.O=NC1CC(CO)OC(CSOc2cc(-c3ccc(O)cc3)ccc2C2CC(=O)N2c2ccc(F)cc2)C1. The summed E-state index contributed by atoms with van der Waals surface area (Å²) in [7, 11) is 0. The summed E-state index contributed by atoms with van der Waals surface area (Å²) in [5.41, 5.74) is 5.39. The molecule has 1 amide bonds. The lowest BCUT2D eigenvalue weighted by atomic mass is 9.90. The molecule has 11 heteroatoms. The Bertz CT molecular complexity index is 1690. The third-order valence-corrected chi connectivity index (χ3v) is 9.49. The van der Waals surface area contributed by atoms with Gasteiger partial charge in [-0.3, -0.25) is 4.79 Å². The van der Waals surface area contributed by atoms with Crippen molar-refractivity contribution in [1.82, 2.24) is 0 Å². The Morgan fingerprint density at radius 1 is 0.980 bits per heavy atom. The van der Waals surface area contributed by atoms with E-state index in [9.17, 15) is 29.4 Å². The highest BCUT2D eigenvalue weighted by atomic mass is 32.2. The summed E-state index contributed by atoms with van der Waals surface area (Å²) in [6.07, 6.45) is 0.878. The molecule has 0 spiro atoms. The number of aromatic hydroxyl groups is 1. The van der Waals surface area contributed by atoms with E-state index >= 15 is 0 Å². The number of hydrogen-bond donors (Lipinski definition) is 3. The van der Waals surface area contributed by atoms with Gasteiger partial charge < -0.3 is 29.1 Å². The van der Waals surface area contributed by atoms with Crippen molar-refractivity contribution in [2.24, 2.45) is 5.18 Å². The molecule has 258 valence electrons. The van der Waals surface area contributed by atoms with Gasteiger partial charge in [0.05, 0.1) is 61.2 Å². The smallest absolute Gasteiger partial charge is 0.230 e. The number of amides is 1. The predicted octanol–water partition coefficient (Wildman–Crippen LogP) is 7.82. The van der Waals surface area contributed by atoms with Gasteiger partial charge in [-0.2, -0.15) is 4.91 Å². The van der Waals surface area contributed by atoms with E-state index in [1.165, 1.54) is 29.7 Å². The first-order valence-corrected chi connectivity index (χ1v) is 17.2. The van der Waals surface area contributed by atoms with Crippen LogP contribution in [0.1, 0.15) is 61.4 Å². The lowest BCUT2D eigenvalue weighted by Crippen LogP contribution is -2.46. The number of aliphatic hydroxyl groups is 2. The Balaban J connectivity index is 0.000000363. The van der Waals surface area contributed by atoms with Crippen LogP contribution in [0.4, 0.5) is 10.1 Å². The highest BCUT2D eigenvalue weighted by molar-refractivity contribution is 7.95. The molecular formula is C38H41FN2O7S. The minimum absolute atomic E-state index is 0.0686. The fraction of sp³-hybridized carbons (Fsp3) is 0.342. The Labute approximate surface area is 289 Å². The first-order valence-electron chi connectivity index (χ1n) is 16.3. The second kappa shape index (κ2) is 16.9. The van der Waals surface area contributed by atoms with Crippen LogP contribution in [0.3, 0.4) is 0 Å². The molecule has 4 aromatic rings. The quantitative estimate of drug-likeness (QED) is 0.0827. The van der Waals surface area contributed by atoms with Gasteiger partial charge in [0.2, 0.25) is 5.91 Å². The normalized spacial score (nSPS) is 20.8. The molecule has 2 aliphatic rings. The molecule has 3 N–H and O–H groups in total. The molecule has 2 saturated heterocycles. The summed E-state index contributed by atoms with van der Waals surface area (Å²) in [5, 5.41) is 31.7. The maximum atomic E-state index is 13.5. The van der Waals surface area contributed by atoms with Crippen molar-refractivity contribution < 1.29 is 33.4 Å². The number of hydrogen-bond acceptors (Lipinski definition) is 9. The van der Waals surface area contributed by atoms with E-state index in [4.69, 9.17) is 8.92 Å². The number of carbonyl (C=O) groups is 1. The fourth-order valence-electron chi connectivity index (χ4n) is 5.90. The lowest BCUT2D eigenvalue weighted by Gasteiger charge is -2.41. The van der Waals surface area contributed by atoms with Gasteiger partial charge >= 0.3 is 0 Å². The molecule has 0 saturated carbocycles. The zero-order chi connectivity index (χ0) is 34.9. The number of benzene rings is 4. The third-order valence-electron chi connectivity index (χ3n) is 8.69. The molecule has 6 rings (SSSR count). The topological polar surface area (TPSA) is 129 Å². The summed E-state index contributed by atoms with van der Waals surface area (Å²) < 4.78 is 25.5. The van der Waals surface area contributed by atoms with Gasteiger partial charge in [-0.15, -0.1) is 0 Å². The average Bonchev–Trinajstić information content (AvgIpc) is 3.12. The third kappa shape index (κ3) is 9.24. The number of aryl methyl sites for hydroxylation is 1. The summed E-state index contributed by atoms with van der Waals surface area (Å²) in [4.78, 5) is 25.3. The first-order chi connectivity index (χ1) is 23.7. The van der Waals surface area contributed by atoms with Crippen molar-refractivity contribution in [3.63, 3.8) is 0 Å². The van der Waals surface area contributed by atoms with E-state index in [1.54, 1.807) is 41.3 Å². The van der Waals surface area contributed by atoms with Crippen molar-refractivity contribution in [2.75, 3.05) is 17.3 Å². The predicted molar refractivity (Wildman–Crippen MR) is 189 cm³/mol. The van der Waals surface area contributed by atoms with Gasteiger partial charge in [-0.1, -0.05) is 66.2 Å². The standard InChI is InChI=1S/C28H27FN2O6S.C10H14O/c29-19-4-6-21(7-5-19)31-26(14-28(31)34)25-10-3-18(17-1-8-22(33)9-2-17)11-27(25)37-38-16-24-13-20(30-35)12-23(15-32)36-24;1-3-10(11)9-6-4-8(2)5-7-9/h1-11,20,23-24,26,32-33H,12-16H2;4-7,10-11H,3H2,1-2H3. The van der Waals surface area contributed by atoms with Crippen molar-refractivity contribution in [2.45, 2.75) is 69.9 Å². The number of rotatable bonds is 11. The van der Waals surface area contributed by atoms with Gasteiger partial charge in [-0.05, 0) is 72.5 Å². The molecule has 2 heterocycles. The van der Waals surface area contributed by atoms with E-state index in [2.05, 4.69) is 5.18 Å². The zero-order valence-electron chi connectivity index (χ0n) is 27.4. The number of phenolic OH excluding ortho intramolecular Hbond substituents is 1. The highest BCUT2D eigenvalue weighted by Crippen LogP contribution is 2.44. The molecule has 4 aromatic carbocycles. The summed E-state index contributed by atoms with van der Waals surface area (Å²) >= 11 is 1.17. The first kappa shape index (κ1) is 36.0.